The van der Waals surface area contributed by atoms with Gasteiger partial charge in [0.15, 0.2) is 0 Å². The summed E-state index contributed by atoms with van der Waals surface area (Å²) >= 11 is 0. The largest absolute Gasteiger partial charge is 0.542 e. The maximum atomic E-state index is 11.9. The van der Waals surface area contributed by atoms with Gasteiger partial charge in [0.05, 0.1) is 11.9 Å². The molecule has 2 amide bonds. The molecule has 0 radical (unpaired) electrons. The van der Waals surface area contributed by atoms with Gasteiger partial charge in [0.1, 0.15) is 12.0 Å². The van der Waals surface area contributed by atoms with E-state index < -0.39 is 28.9 Å². The number of methoxy groups -OCH3 is 1. The van der Waals surface area contributed by atoms with Gasteiger partial charge in [-0.2, -0.15) is 13.2 Å². The smallest absolute Gasteiger partial charge is 0.430 e. The van der Waals surface area contributed by atoms with Gasteiger partial charge in [0.2, 0.25) is 5.91 Å². The van der Waals surface area contributed by atoms with E-state index in [1.807, 2.05) is 0 Å². The minimum absolute atomic E-state index is 0. The zero-order valence-corrected chi connectivity index (χ0v) is 17.5. The molecule has 0 saturated carbocycles. The summed E-state index contributed by atoms with van der Waals surface area (Å²) < 4.78 is 35.5. The van der Waals surface area contributed by atoms with E-state index in [2.05, 4.69) is 5.32 Å². The van der Waals surface area contributed by atoms with Crippen LogP contribution < -0.4 is 16.2 Å². The SMILES string of the molecule is C.COC(=O)C(NC(C)=O)C(C)(C)SSC(=O)N(C)CCN.O=C([O-])C(F)(F)F. The van der Waals surface area contributed by atoms with Crippen LogP contribution in [0.5, 0.6) is 0 Å². The number of nitrogens with one attached hydrogen (secondary N) is 1. The fourth-order valence-corrected chi connectivity index (χ4v) is 3.66. The molecular weight excluding hydrogens is 439 g/mol. The van der Waals surface area contributed by atoms with Gasteiger partial charge in [-0.25, -0.2) is 4.79 Å². The molecule has 0 aromatic heterocycles. The second-order valence-corrected chi connectivity index (χ2v) is 8.42. The van der Waals surface area contributed by atoms with Gasteiger partial charge in [-0.15, -0.1) is 0 Å². The molecule has 0 saturated heterocycles. The number of ether oxygens (including phenoxy) is 1. The summed E-state index contributed by atoms with van der Waals surface area (Å²) in [5.41, 5.74) is 5.39. The van der Waals surface area contributed by atoms with Crippen molar-refractivity contribution in [3.05, 3.63) is 0 Å². The molecule has 9 nitrogen and oxygen atoms in total. The summed E-state index contributed by atoms with van der Waals surface area (Å²) in [6, 6.07) is -0.842. The molecule has 29 heavy (non-hydrogen) atoms. The molecule has 0 bridgehead atoms. The molecule has 1 unspecified atom stereocenters. The van der Waals surface area contributed by atoms with Crippen LogP contribution in [-0.4, -0.2) is 72.2 Å². The van der Waals surface area contributed by atoms with Crippen molar-refractivity contribution in [2.24, 2.45) is 5.73 Å². The Kier molecular flexibility index (Phi) is 15.8. The number of nitrogens with two attached hydrogens (primary N) is 1. The number of alkyl halides is 3. The van der Waals surface area contributed by atoms with Gasteiger partial charge in [0.25, 0.3) is 5.24 Å². The molecule has 0 fully saturated rings. The maximum absolute atomic E-state index is 11.9. The number of hydrogen-bond acceptors (Lipinski definition) is 9. The number of amides is 2. The monoisotopic (exact) mass is 466 g/mol. The molecule has 0 aromatic carbocycles. The third-order valence-corrected chi connectivity index (χ3v) is 5.98. The van der Waals surface area contributed by atoms with Crippen molar-refractivity contribution in [1.29, 1.82) is 0 Å². The predicted octanol–water partition coefficient (Wildman–Crippen LogP) is 0.769. The Hall–Kier alpha value is -1.67. The van der Waals surface area contributed by atoms with E-state index >= 15 is 0 Å². The third kappa shape index (κ3) is 14.0. The molecule has 0 aliphatic carbocycles. The summed E-state index contributed by atoms with van der Waals surface area (Å²) in [7, 11) is 5.12. The summed E-state index contributed by atoms with van der Waals surface area (Å²) in [4.78, 5) is 45.2. The number of aliphatic carboxylic acids is 1. The number of carbonyl (C=O) groups is 4. The number of hydrogen-bond donors (Lipinski definition) is 2. The van der Waals surface area contributed by atoms with Gasteiger partial charge in [-0.3, -0.25) is 9.59 Å². The zero-order chi connectivity index (χ0) is 22.7. The molecule has 3 N–H and O–H groups in total. The molecule has 0 spiro atoms. The third-order valence-electron chi connectivity index (χ3n) is 2.82. The van der Waals surface area contributed by atoms with Gasteiger partial charge in [0, 0.05) is 37.9 Å². The van der Waals surface area contributed by atoms with Crippen LogP contribution in [0.3, 0.4) is 0 Å². The molecule has 14 heteroatoms. The molecule has 1 atom stereocenters. The average molecular weight is 467 g/mol. The van der Waals surface area contributed by atoms with Crippen molar-refractivity contribution >= 4 is 44.7 Å². The standard InChI is InChI=1S/C12H23N3O4S2.C2HF3O2.CH4/c1-8(16)14-9(10(17)19-5)12(2,3)21-20-11(18)15(4)7-6-13;3-2(4,5)1(6)7;/h9H,6-7,13H2,1-5H3,(H,14,16);(H,6,7);1H4/p-1. The lowest BCUT2D eigenvalue weighted by Gasteiger charge is -2.31. The fourth-order valence-electron chi connectivity index (χ4n) is 1.38. The topological polar surface area (TPSA) is 142 Å². The van der Waals surface area contributed by atoms with Gasteiger partial charge in [-0.05, 0) is 13.8 Å². The maximum Gasteiger partial charge on any atom is 0.430 e. The number of halogens is 3. The van der Waals surface area contributed by atoms with Crippen LogP contribution in [-0.2, 0) is 19.1 Å². The van der Waals surface area contributed by atoms with E-state index in [1.54, 1.807) is 20.9 Å². The Morgan fingerprint density at radius 1 is 1.24 bits per heavy atom. The van der Waals surface area contributed by atoms with E-state index in [9.17, 15) is 27.6 Å². The highest BCUT2D eigenvalue weighted by atomic mass is 33.1. The van der Waals surface area contributed by atoms with Crippen LogP contribution in [0.1, 0.15) is 28.2 Å². The fraction of sp³-hybridized carbons (Fsp3) is 0.733. The molecule has 0 aliphatic heterocycles. The lowest BCUT2D eigenvalue weighted by molar-refractivity contribution is -0.344. The van der Waals surface area contributed by atoms with E-state index in [1.165, 1.54) is 29.7 Å². The Bertz CT molecular complexity index is 562. The highest BCUT2D eigenvalue weighted by Gasteiger charge is 2.38. The quantitative estimate of drug-likeness (QED) is 0.411. The van der Waals surface area contributed by atoms with Crippen molar-refractivity contribution in [3.8, 4) is 0 Å². The van der Waals surface area contributed by atoms with Crippen LogP contribution in [0.15, 0.2) is 0 Å². The van der Waals surface area contributed by atoms with Crippen LogP contribution in [0.2, 0.25) is 0 Å². The van der Waals surface area contributed by atoms with E-state index in [4.69, 9.17) is 20.4 Å². The number of esters is 1. The first-order valence-electron chi connectivity index (χ1n) is 7.54. The van der Waals surface area contributed by atoms with Crippen LogP contribution in [0.4, 0.5) is 18.0 Å². The second kappa shape index (κ2) is 14.3. The first kappa shape index (κ1) is 32.0. The van der Waals surface area contributed by atoms with Crippen molar-refractivity contribution in [1.82, 2.24) is 10.2 Å². The molecule has 0 rings (SSSR count). The molecule has 172 valence electrons. The Labute approximate surface area is 175 Å². The van der Waals surface area contributed by atoms with Gasteiger partial charge >= 0.3 is 12.1 Å². The minimum Gasteiger partial charge on any atom is -0.542 e. The zero-order valence-electron chi connectivity index (χ0n) is 15.9. The predicted molar refractivity (Wildman–Crippen MR) is 104 cm³/mol. The number of nitrogens with zero attached hydrogens (tertiary/aromatic N) is 1. The van der Waals surface area contributed by atoms with E-state index in [0.717, 1.165) is 10.8 Å². The number of carboxylic acids is 1. The van der Waals surface area contributed by atoms with Crippen molar-refractivity contribution in [3.63, 3.8) is 0 Å². The summed E-state index contributed by atoms with van der Waals surface area (Å²) in [6.45, 7) is 5.69. The second-order valence-electron chi connectivity index (χ2n) is 5.69. The minimum atomic E-state index is -5.19. The van der Waals surface area contributed by atoms with Crippen molar-refractivity contribution in [2.75, 3.05) is 27.2 Å². The average Bonchev–Trinajstić information content (AvgIpc) is 2.56. The first-order chi connectivity index (χ1) is 12.6. The lowest BCUT2D eigenvalue weighted by Crippen LogP contribution is -2.52. The summed E-state index contributed by atoms with van der Waals surface area (Å²) in [5, 5.41) is 11.2. The number of rotatable bonds is 7. The normalized spacial score (nSPS) is 11.8. The first-order valence-corrected chi connectivity index (χ1v) is 9.69. The summed E-state index contributed by atoms with van der Waals surface area (Å²) in [5.74, 6) is -3.89. The van der Waals surface area contributed by atoms with E-state index in [-0.39, 0.29) is 18.6 Å². The van der Waals surface area contributed by atoms with Crippen LogP contribution in [0.25, 0.3) is 0 Å². The molecule has 0 aromatic rings. The highest BCUT2D eigenvalue weighted by molar-refractivity contribution is 8.82. The van der Waals surface area contributed by atoms with Gasteiger partial charge in [-0.1, -0.05) is 18.2 Å². The molecular formula is C15H27F3N3O6S2-. The Morgan fingerprint density at radius 2 is 1.69 bits per heavy atom. The lowest BCUT2D eigenvalue weighted by atomic mass is 10.0. The molecule has 0 aliphatic rings. The number of carboxylic acid groups (broad SMARTS) is 1. The number of likely N-dealkylation sites (N-methyl/N-ethyl adjacent to an activating group) is 1. The number of carbonyl (C=O) groups excluding carboxylic acids is 4. The highest BCUT2D eigenvalue weighted by Crippen LogP contribution is 2.39. The Balaban J connectivity index is -0.000000721. The van der Waals surface area contributed by atoms with Crippen molar-refractivity contribution < 1.29 is 42.2 Å². The van der Waals surface area contributed by atoms with Gasteiger partial charge < -0.3 is 30.6 Å². The Morgan fingerprint density at radius 3 is 2.00 bits per heavy atom. The molecule has 0 heterocycles. The van der Waals surface area contributed by atoms with Crippen LogP contribution >= 0.6 is 21.6 Å². The van der Waals surface area contributed by atoms with E-state index in [0.29, 0.717) is 13.1 Å². The summed E-state index contributed by atoms with van der Waals surface area (Å²) in [6.07, 6.45) is -5.19. The van der Waals surface area contributed by atoms with Crippen molar-refractivity contribution in [2.45, 2.75) is 45.2 Å². The van der Waals surface area contributed by atoms with Crippen LogP contribution in [0, 0.1) is 0 Å².